The van der Waals surface area contributed by atoms with Crippen LogP contribution in [0.15, 0.2) is 12.4 Å². The van der Waals surface area contributed by atoms with Crippen molar-refractivity contribution in [2.24, 2.45) is 11.8 Å². The van der Waals surface area contributed by atoms with Gasteiger partial charge in [0.1, 0.15) is 0 Å². The molecule has 0 aliphatic carbocycles. The lowest BCUT2D eigenvalue weighted by Crippen LogP contribution is -2.24. The number of rotatable bonds is 1. The number of anilines is 1. The molecule has 2 fully saturated rings. The zero-order chi connectivity index (χ0) is 10.3. The molecule has 0 bridgehead atoms. The first-order valence-electron chi connectivity index (χ1n) is 5.13. The van der Waals surface area contributed by atoms with Gasteiger partial charge in [-0.15, -0.1) is 0 Å². The highest BCUT2D eigenvalue weighted by molar-refractivity contribution is 5.31. The van der Waals surface area contributed by atoms with Gasteiger partial charge in [0.15, 0.2) is 5.82 Å². The average Bonchev–Trinajstić information content (AvgIpc) is 2.78. The van der Waals surface area contributed by atoms with Gasteiger partial charge in [-0.25, -0.2) is 14.4 Å². The molecule has 0 aromatic carbocycles. The summed E-state index contributed by atoms with van der Waals surface area (Å²) in [7, 11) is 0. The van der Waals surface area contributed by atoms with Crippen LogP contribution in [0, 0.1) is 17.7 Å². The number of nitrogens with zero attached hydrogens (tertiary/aromatic N) is 3. The number of hydrogen-bond acceptors (Lipinski definition) is 4. The van der Waals surface area contributed by atoms with Gasteiger partial charge in [-0.05, 0) is 0 Å². The van der Waals surface area contributed by atoms with Crippen LogP contribution >= 0.6 is 0 Å². The molecule has 15 heavy (non-hydrogen) atoms. The third-order valence-corrected chi connectivity index (χ3v) is 3.13. The first kappa shape index (κ1) is 9.03. The lowest BCUT2D eigenvalue weighted by Gasteiger charge is -2.16. The average molecular weight is 209 g/mol. The first-order valence-corrected chi connectivity index (χ1v) is 5.13. The van der Waals surface area contributed by atoms with Crippen molar-refractivity contribution in [2.45, 2.75) is 0 Å². The van der Waals surface area contributed by atoms with Gasteiger partial charge in [0.2, 0.25) is 5.95 Å². The Morgan fingerprint density at radius 2 is 1.80 bits per heavy atom. The van der Waals surface area contributed by atoms with Gasteiger partial charge in [-0.3, -0.25) is 0 Å². The molecule has 2 aliphatic heterocycles. The maximum atomic E-state index is 12.6. The van der Waals surface area contributed by atoms with Gasteiger partial charge < -0.3 is 9.64 Å². The molecule has 80 valence electrons. The van der Waals surface area contributed by atoms with E-state index in [0.29, 0.717) is 17.8 Å². The Labute approximate surface area is 87.1 Å². The van der Waals surface area contributed by atoms with E-state index in [0.717, 1.165) is 26.3 Å². The molecular weight excluding hydrogens is 197 g/mol. The number of ether oxygens (including phenoxy) is 1. The highest BCUT2D eigenvalue weighted by Crippen LogP contribution is 2.30. The largest absolute Gasteiger partial charge is 0.381 e. The second kappa shape index (κ2) is 3.41. The van der Waals surface area contributed by atoms with Gasteiger partial charge in [-0.2, -0.15) is 0 Å². The summed E-state index contributed by atoms with van der Waals surface area (Å²) in [5.74, 6) is 1.43. The number of fused-ring (bicyclic) bond motifs is 1. The molecule has 2 aliphatic rings. The molecule has 3 rings (SSSR count). The molecule has 0 saturated carbocycles. The van der Waals surface area contributed by atoms with Crippen molar-refractivity contribution in [2.75, 3.05) is 31.2 Å². The maximum Gasteiger partial charge on any atom is 0.225 e. The Kier molecular flexibility index (Phi) is 2.05. The van der Waals surface area contributed by atoms with E-state index in [2.05, 4.69) is 14.9 Å². The summed E-state index contributed by atoms with van der Waals surface area (Å²) in [6.45, 7) is 3.53. The van der Waals surface area contributed by atoms with Crippen LogP contribution in [0.25, 0.3) is 0 Å². The quantitative estimate of drug-likeness (QED) is 0.682. The highest BCUT2D eigenvalue weighted by atomic mass is 19.1. The second-order valence-corrected chi connectivity index (χ2v) is 4.16. The minimum absolute atomic E-state index is 0.388. The summed E-state index contributed by atoms with van der Waals surface area (Å²) >= 11 is 0. The summed E-state index contributed by atoms with van der Waals surface area (Å²) in [4.78, 5) is 10.1. The van der Waals surface area contributed by atoms with E-state index in [1.807, 2.05) is 0 Å². The third kappa shape index (κ3) is 1.56. The van der Waals surface area contributed by atoms with Crippen LogP contribution in [0.4, 0.5) is 10.3 Å². The summed E-state index contributed by atoms with van der Waals surface area (Å²) in [6.07, 6.45) is 2.43. The minimum Gasteiger partial charge on any atom is -0.381 e. The standard InChI is InChI=1S/C10H12FN3O/c11-9-1-12-10(13-2-9)14-3-7-5-15-6-8(7)4-14/h1-2,7-8H,3-6H2. The molecule has 0 spiro atoms. The number of aromatic nitrogens is 2. The fraction of sp³-hybridized carbons (Fsp3) is 0.600. The predicted molar refractivity (Wildman–Crippen MR) is 52.0 cm³/mol. The van der Waals surface area contributed by atoms with Crippen molar-refractivity contribution in [1.29, 1.82) is 0 Å². The highest BCUT2D eigenvalue weighted by Gasteiger charge is 2.37. The van der Waals surface area contributed by atoms with Crippen LogP contribution in [0.1, 0.15) is 0 Å². The van der Waals surface area contributed by atoms with E-state index >= 15 is 0 Å². The summed E-state index contributed by atoms with van der Waals surface area (Å²) in [6, 6.07) is 0. The van der Waals surface area contributed by atoms with Gasteiger partial charge in [0.25, 0.3) is 0 Å². The van der Waals surface area contributed by atoms with E-state index in [9.17, 15) is 4.39 Å². The van der Waals surface area contributed by atoms with E-state index in [1.54, 1.807) is 0 Å². The lowest BCUT2D eigenvalue weighted by atomic mass is 10.0. The van der Waals surface area contributed by atoms with Crippen LogP contribution in [0.2, 0.25) is 0 Å². The van der Waals surface area contributed by atoms with E-state index in [-0.39, 0.29) is 5.82 Å². The molecule has 1 aromatic rings. The normalized spacial score (nSPS) is 29.5. The SMILES string of the molecule is Fc1cnc(N2CC3COCC3C2)nc1. The summed E-state index contributed by atoms with van der Waals surface area (Å²) in [5, 5.41) is 0. The zero-order valence-corrected chi connectivity index (χ0v) is 8.27. The van der Waals surface area contributed by atoms with Crippen molar-refractivity contribution in [3.63, 3.8) is 0 Å². The number of hydrogen-bond donors (Lipinski definition) is 0. The van der Waals surface area contributed by atoms with Crippen LogP contribution in [-0.4, -0.2) is 36.3 Å². The lowest BCUT2D eigenvalue weighted by molar-refractivity contribution is 0.177. The first-order chi connectivity index (χ1) is 7.33. The molecule has 1 aromatic heterocycles. The Bertz CT molecular complexity index is 344. The third-order valence-electron chi connectivity index (χ3n) is 3.13. The summed E-state index contributed by atoms with van der Waals surface area (Å²) in [5.41, 5.74) is 0. The zero-order valence-electron chi connectivity index (χ0n) is 8.27. The summed E-state index contributed by atoms with van der Waals surface area (Å²) < 4.78 is 18.0. The molecule has 0 amide bonds. The molecule has 2 unspecified atom stereocenters. The maximum absolute atomic E-state index is 12.6. The Morgan fingerprint density at radius 3 is 2.40 bits per heavy atom. The van der Waals surface area contributed by atoms with Gasteiger partial charge in [0, 0.05) is 24.9 Å². The van der Waals surface area contributed by atoms with Crippen LogP contribution in [0.3, 0.4) is 0 Å². The van der Waals surface area contributed by atoms with Crippen molar-refractivity contribution in [1.82, 2.24) is 9.97 Å². The molecule has 5 heteroatoms. The van der Waals surface area contributed by atoms with E-state index < -0.39 is 0 Å². The predicted octanol–water partition coefficient (Wildman–Crippen LogP) is 0.698. The topological polar surface area (TPSA) is 38.2 Å². The fourth-order valence-corrected chi connectivity index (χ4v) is 2.32. The Balaban J connectivity index is 1.76. The second-order valence-electron chi connectivity index (χ2n) is 4.16. The van der Waals surface area contributed by atoms with Gasteiger partial charge in [-0.1, -0.05) is 0 Å². The van der Waals surface area contributed by atoms with Gasteiger partial charge in [0.05, 0.1) is 25.6 Å². The molecule has 2 atom stereocenters. The smallest absolute Gasteiger partial charge is 0.225 e. The molecule has 0 radical (unpaired) electrons. The van der Waals surface area contributed by atoms with Crippen LogP contribution in [-0.2, 0) is 4.74 Å². The van der Waals surface area contributed by atoms with Crippen molar-refractivity contribution >= 4 is 5.95 Å². The monoisotopic (exact) mass is 209 g/mol. The molecule has 4 nitrogen and oxygen atoms in total. The molecule has 0 N–H and O–H groups in total. The Morgan fingerprint density at radius 1 is 1.20 bits per heavy atom. The molecular formula is C10H12FN3O. The van der Waals surface area contributed by atoms with Crippen molar-refractivity contribution < 1.29 is 9.13 Å². The molecule has 3 heterocycles. The fourth-order valence-electron chi connectivity index (χ4n) is 2.32. The van der Waals surface area contributed by atoms with E-state index in [4.69, 9.17) is 4.74 Å². The number of halogens is 1. The van der Waals surface area contributed by atoms with E-state index in [1.165, 1.54) is 12.4 Å². The van der Waals surface area contributed by atoms with Crippen LogP contribution < -0.4 is 4.90 Å². The van der Waals surface area contributed by atoms with Crippen LogP contribution in [0.5, 0.6) is 0 Å². The minimum atomic E-state index is -0.388. The Hall–Kier alpha value is -1.23. The van der Waals surface area contributed by atoms with Crippen molar-refractivity contribution in [3.05, 3.63) is 18.2 Å². The molecule has 2 saturated heterocycles. The van der Waals surface area contributed by atoms with Crippen molar-refractivity contribution in [3.8, 4) is 0 Å². The van der Waals surface area contributed by atoms with Gasteiger partial charge >= 0.3 is 0 Å².